The van der Waals surface area contributed by atoms with E-state index in [2.05, 4.69) is 24.3 Å². The van der Waals surface area contributed by atoms with Crippen LogP contribution >= 0.6 is 0 Å². The molecule has 0 aromatic heterocycles. The van der Waals surface area contributed by atoms with Crippen molar-refractivity contribution in [2.45, 2.75) is 13.0 Å². The molecular formula is C26H23NO4. The Bertz CT molecular complexity index is 1080. The molecule has 7 unspecified atom stereocenters. The summed E-state index contributed by atoms with van der Waals surface area (Å²) in [7, 11) is 0. The van der Waals surface area contributed by atoms with Crippen LogP contribution in [0.2, 0.25) is 0 Å². The minimum absolute atomic E-state index is 0.0117. The fourth-order valence-electron chi connectivity index (χ4n) is 6.86. The minimum Gasteiger partial charge on any atom is -0.444 e. The first kappa shape index (κ1) is 18.6. The summed E-state index contributed by atoms with van der Waals surface area (Å²) in [5.74, 6) is -1.22. The van der Waals surface area contributed by atoms with Crippen molar-refractivity contribution in [1.82, 2.24) is 4.90 Å². The number of allylic oxidation sites excluding steroid dienone is 8. The molecule has 31 heavy (non-hydrogen) atoms. The lowest BCUT2D eigenvalue weighted by Crippen LogP contribution is -2.60. The van der Waals surface area contributed by atoms with Gasteiger partial charge in [0.05, 0.1) is 11.8 Å². The highest BCUT2D eigenvalue weighted by Gasteiger charge is 2.71. The van der Waals surface area contributed by atoms with Gasteiger partial charge in [0.1, 0.15) is 6.61 Å². The number of amides is 3. The molecule has 4 fully saturated rings. The Morgan fingerprint density at radius 1 is 1.00 bits per heavy atom. The molecule has 1 aromatic carbocycles. The average molecular weight is 413 g/mol. The molecule has 1 aromatic rings. The van der Waals surface area contributed by atoms with Gasteiger partial charge in [-0.3, -0.25) is 9.59 Å². The third-order valence-corrected chi connectivity index (χ3v) is 7.93. The second-order valence-corrected chi connectivity index (χ2v) is 9.23. The Balaban J connectivity index is 1.36. The van der Waals surface area contributed by atoms with Crippen LogP contribution in [-0.2, 0) is 20.9 Å². The maximum absolute atomic E-state index is 13.6. The smallest absolute Gasteiger partial charge is 0.423 e. The number of ether oxygens (including phenoxy) is 1. The van der Waals surface area contributed by atoms with Crippen molar-refractivity contribution < 1.29 is 19.1 Å². The van der Waals surface area contributed by atoms with E-state index in [1.165, 1.54) is 0 Å². The number of likely N-dealkylation sites (tertiary alicyclic amines) is 1. The van der Waals surface area contributed by atoms with Gasteiger partial charge in [0.15, 0.2) is 0 Å². The predicted molar refractivity (Wildman–Crippen MR) is 113 cm³/mol. The fraction of sp³-hybridized carbons (Fsp3) is 0.346. The number of hydrogen-bond donors (Lipinski definition) is 0. The van der Waals surface area contributed by atoms with Crippen LogP contribution in [0.25, 0.3) is 0 Å². The van der Waals surface area contributed by atoms with Gasteiger partial charge in [-0.2, -0.15) is 4.90 Å². The lowest BCUT2D eigenvalue weighted by atomic mass is 9.40. The SMILES string of the molecule is O=C(OCc1ccccc1)N1C(=O)C2C3C4C=CC=CC(C4)(C4C=CC=CC34)C2C1=O. The highest BCUT2D eigenvalue weighted by molar-refractivity contribution is 6.16. The summed E-state index contributed by atoms with van der Waals surface area (Å²) < 4.78 is 5.39. The normalized spacial score (nSPS) is 38.8. The highest BCUT2D eigenvalue weighted by Crippen LogP contribution is 2.68. The lowest BCUT2D eigenvalue weighted by Gasteiger charge is -2.61. The number of carbonyl (C=O) groups is 3. The molecule has 3 bridgehead atoms. The third-order valence-electron chi connectivity index (χ3n) is 7.93. The second-order valence-electron chi connectivity index (χ2n) is 9.23. The standard InChI is InChI=1S/C26H23NO4/c28-23-21-20-17-10-6-7-13-26(14-17,19-12-5-4-11-18(19)20)22(21)24(29)27(23)25(30)31-15-16-8-2-1-3-9-16/h1-13,17-22H,14-15H2. The molecule has 1 aliphatic heterocycles. The first-order valence-electron chi connectivity index (χ1n) is 10.9. The van der Waals surface area contributed by atoms with Gasteiger partial charge >= 0.3 is 6.09 Å². The topological polar surface area (TPSA) is 63.7 Å². The van der Waals surface area contributed by atoms with Crippen LogP contribution < -0.4 is 0 Å². The first-order chi connectivity index (χ1) is 15.1. The molecule has 7 rings (SSSR count). The summed E-state index contributed by atoms with van der Waals surface area (Å²) >= 11 is 0. The van der Waals surface area contributed by atoms with Crippen molar-refractivity contribution in [2.75, 3.05) is 0 Å². The molecule has 1 heterocycles. The van der Waals surface area contributed by atoms with Crippen LogP contribution in [0.3, 0.4) is 0 Å². The fourth-order valence-corrected chi connectivity index (χ4v) is 6.86. The third kappa shape index (κ3) is 2.46. The zero-order valence-corrected chi connectivity index (χ0v) is 17.0. The van der Waals surface area contributed by atoms with Crippen molar-refractivity contribution in [1.29, 1.82) is 0 Å². The maximum Gasteiger partial charge on any atom is 0.423 e. The number of nitrogens with zero attached hydrogens (tertiary/aromatic N) is 1. The second kappa shape index (κ2) is 6.64. The van der Waals surface area contributed by atoms with Crippen molar-refractivity contribution in [3.05, 3.63) is 84.5 Å². The molecule has 3 saturated carbocycles. The van der Waals surface area contributed by atoms with Gasteiger partial charge in [0.2, 0.25) is 11.8 Å². The average Bonchev–Trinajstić information content (AvgIpc) is 2.97. The molecule has 0 radical (unpaired) electrons. The summed E-state index contributed by atoms with van der Waals surface area (Å²) in [5, 5.41) is 0. The Hall–Kier alpha value is -3.21. The number of carbonyl (C=O) groups excluding carboxylic acids is 3. The molecule has 1 spiro atoms. The van der Waals surface area contributed by atoms with Crippen LogP contribution in [0.1, 0.15) is 12.0 Å². The quantitative estimate of drug-likeness (QED) is 0.687. The van der Waals surface area contributed by atoms with E-state index in [9.17, 15) is 14.4 Å². The van der Waals surface area contributed by atoms with Crippen LogP contribution in [-0.4, -0.2) is 22.8 Å². The first-order valence-corrected chi connectivity index (χ1v) is 10.9. The molecule has 5 aliphatic carbocycles. The van der Waals surface area contributed by atoms with E-state index in [-0.39, 0.29) is 30.3 Å². The monoisotopic (exact) mass is 413 g/mol. The molecular weight excluding hydrogens is 390 g/mol. The number of imide groups is 3. The van der Waals surface area contributed by atoms with Crippen molar-refractivity contribution in [2.24, 2.45) is 40.9 Å². The summed E-state index contributed by atoms with van der Waals surface area (Å²) in [4.78, 5) is 40.8. The summed E-state index contributed by atoms with van der Waals surface area (Å²) in [5.41, 5.74) is 0.355. The van der Waals surface area contributed by atoms with E-state index >= 15 is 0 Å². The van der Waals surface area contributed by atoms with Gasteiger partial charge in [-0.1, -0.05) is 78.9 Å². The molecule has 5 heteroatoms. The van der Waals surface area contributed by atoms with Gasteiger partial charge in [-0.25, -0.2) is 4.79 Å². The van der Waals surface area contributed by atoms with Gasteiger partial charge in [0, 0.05) is 5.41 Å². The number of benzene rings is 1. The molecule has 7 atom stereocenters. The van der Waals surface area contributed by atoms with Crippen molar-refractivity contribution >= 4 is 17.9 Å². The van der Waals surface area contributed by atoms with Gasteiger partial charge < -0.3 is 4.74 Å². The lowest BCUT2D eigenvalue weighted by molar-refractivity contribution is -0.148. The molecule has 1 saturated heterocycles. The van der Waals surface area contributed by atoms with Crippen LogP contribution in [0, 0.1) is 40.9 Å². The van der Waals surface area contributed by atoms with Gasteiger partial charge in [-0.05, 0) is 35.7 Å². The van der Waals surface area contributed by atoms with E-state index in [0.717, 1.165) is 16.9 Å². The Morgan fingerprint density at radius 3 is 2.61 bits per heavy atom. The molecule has 6 aliphatic rings. The molecule has 156 valence electrons. The predicted octanol–water partition coefficient (Wildman–Crippen LogP) is 4.04. The number of hydrogen-bond acceptors (Lipinski definition) is 4. The zero-order valence-electron chi connectivity index (χ0n) is 17.0. The zero-order chi connectivity index (χ0) is 21.2. The van der Waals surface area contributed by atoms with Gasteiger partial charge in [-0.15, -0.1) is 0 Å². The van der Waals surface area contributed by atoms with E-state index in [0.29, 0.717) is 0 Å². The summed E-state index contributed by atoms with van der Waals surface area (Å²) in [6, 6.07) is 9.27. The van der Waals surface area contributed by atoms with Crippen molar-refractivity contribution in [3.63, 3.8) is 0 Å². The van der Waals surface area contributed by atoms with E-state index in [1.54, 1.807) is 0 Å². The van der Waals surface area contributed by atoms with Gasteiger partial charge in [0.25, 0.3) is 0 Å². The Labute approximate surface area is 180 Å². The van der Waals surface area contributed by atoms with E-state index in [4.69, 9.17) is 4.74 Å². The van der Waals surface area contributed by atoms with Crippen molar-refractivity contribution in [3.8, 4) is 0 Å². The number of rotatable bonds is 2. The van der Waals surface area contributed by atoms with Crippen LogP contribution in [0.5, 0.6) is 0 Å². The van der Waals surface area contributed by atoms with Crippen LogP contribution in [0.15, 0.2) is 78.9 Å². The summed E-state index contributed by atoms with van der Waals surface area (Å²) in [6.45, 7) is 0.0304. The maximum atomic E-state index is 13.6. The van der Waals surface area contributed by atoms with Crippen LogP contribution in [0.4, 0.5) is 4.79 Å². The molecule has 3 amide bonds. The van der Waals surface area contributed by atoms with E-state index < -0.39 is 35.2 Å². The highest BCUT2D eigenvalue weighted by atomic mass is 16.6. The largest absolute Gasteiger partial charge is 0.444 e. The van der Waals surface area contributed by atoms with E-state index in [1.807, 2.05) is 54.6 Å². The Kier molecular flexibility index (Phi) is 3.98. The molecule has 0 N–H and O–H groups in total. The summed E-state index contributed by atoms with van der Waals surface area (Å²) in [6.07, 6.45) is 16.8. The molecule has 5 nitrogen and oxygen atoms in total. The minimum atomic E-state index is -0.856. The Morgan fingerprint density at radius 2 is 1.77 bits per heavy atom.